The highest BCUT2D eigenvalue weighted by Gasteiger charge is 2.37. The van der Waals surface area contributed by atoms with Gasteiger partial charge >= 0.3 is 6.18 Å². The van der Waals surface area contributed by atoms with Crippen LogP contribution in [-0.4, -0.2) is 31.0 Å². The van der Waals surface area contributed by atoms with Crippen LogP contribution in [0, 0.1) is 0 Å². The summed E-state index contributed by atoms with van der Waals surface area (Å²) in [5, 5.41) is 0.922. The monoisotopic (exact) mass is 344 g/mol. The molecule has 23 heavy (non-hydrogen) atoms. The molecule has 2 aromatic heterocycles. The van der Waals surface area contributed by atoms with E-state index < -0.39 is 11.9 Å². The van der Waals surface area contributed by atoms with E-state index in [1.165, 1.54) is 0 Å². The standard InChI is InChI=1S/C13H15F3N6S/c1-4-23-12-9(17-6-21(12)2)11-18-7-5-8(13(14,15)16)19-20-10(7)22(11)3/h5-6,19-20H,4H2,1-3H3. The number of aryl methyl sites for hydroxylation is 1. The Labute approximate surface area is 134 Å². The summed E-state index contributed by atoms with van der Waals surface area (Å²) in [5.41, 5.74) is 4.72. The van der Waals surface area contributed by atoms with Crippen LogP contribution in [0.2, 0.25) is 0 Å². The first kappa shape index (κ1) is 15.8. The van der Waals surface area contributed by atoms with Crippen molar-refractivity contribution < 1.29 is 13.2 Å². The fraction of sp³-hybridized carbons (Fsp3) is 0.385. The second-order valence-electron chi connectivity index (χ2n) is 4.98. The van der Waals surface area contributed by atoms with Crippen molar-refractivity contribution in [2.75, 3.05) is 11.2 Å². The zero-order valence-electron chi connectivity index (χ0n) is 12.7. The molecule has 10 heteroatoms. The minimum Gasteiger partial charge on any atom is -0.328 e. The number of hydrogen-bond acceptors (Lipinski definition) is 5. The summed E-state index contributed by atoms with van der Waals surface area (Å²) in [6.07, 6.45) is -1.80. The number of fused-ring (bicyclic) bond motifs is 1. The maximum Gasteiger partial charge on any atom is 0.432 e. The molecule has 0 atom stereocenters. The van der Waals surface area contributed by atoms with Crippen LogP contribution in [0.4, 0.5) is 19.0 Å². The van der Waals surface area contributed by atoms with Crippen LogP contribution in [0.15, 0.2) is 17.1 Å². The van der Waals surface area contributed by atoms with Crippen LogP contribution in [0.25, 0.3) is 17.6 Å². The largest absolute Gasteiger partial charge is 0.432 e. The van der Waals surface area contributed by atoms with Crippen molar-refractivity contribution in [2.45, 2.75) is 18.1 Å². The maximum absolute atomic E-state index is 12.8. The van der Waals surface area contributed by atoms with Gasteiger partial charge in [0.05, 0.1) is 6.33 Å². The number of anilines is 1. The minimum absolute atomic E-state index is 0.228. The van der Waals surface area contributed by atoms with E-state index in [1.54, 1.807) is 29.7 Å². The third-order valence-electron chi connectivity index (χ3n) is 3.40. The highest BCUT2D eigenvalue weighted by Crippen LogP contribution is 2.35. The number of aromatic nitrogens is 4. The van der Waals surface area contributed by atoms with E-state index >= 15 is 0 Å². The normalized spacial score (nSPS) is 14.1. The number of nitrogens with zero attached hydrogens (tertiary/aromatic N) is 4. The number of thioether (sulfide) groups is 1. The quantitative estimate of drug-likeness (QED) is 0.839. The molecule has 124 valence electrons. The average Bonchev–Trinajstić information content (AvgIpc) is 3.00. The third-order valence-corrected chi connectivity index (χ3v) is 4.44. The lowest BCUT2D eigenvalue weighted by Gasteiger charge is -2.20. The fourth-order valence-corrected chi connectivity index (χ4v) is 3.12. The van der Waals surface area contributed by atoms with E-state index in [0.29, 0.717) is 17.3 Å². The highest BCUT2D eigenvalue weighted by atomic mass is 32.2. The summed E-state index contributed by atoms with van der Waals surface area (Å²) in [6, 6.07) is 0. The first-order chi connectivity index (χ1) is 10.8. The van der Waals surface area contributed by atoms with Crippen molar-refractivity contribution >= 4 is 23.7 Å². The summed E-state index contributed by atoms with van der Waals surface area (Å²) in [7, 11) is 3.61. The van der Waals surface area contributed by atoms with E-state index in [4.69, 9.17) is 0 Å². The van der Waals surface area contributed by atoms with Gasteiger partial charge in [-0.1, -0.05) is 6.92 Å². The molecule has 6 nitrogen and oxygen atoms in total. The molecule has 0 saturated heterocycles. The second kappa shape index (κ2) is 5.52. The van der Waals surface area contributed by atoms with E-state index in [9.17, 15) is 13.2 Å². The number of halogens is 3. The Bertz CT molecular complexity index is 774. The molecule has 0 amide bonds. The Kier molecular flexibility index (Phi) is 3.78. The average molecular weight is 344 g/mol. The Morgan fingerprint density at radius 2 is 2.00 bits per heavy atom. The van der Waals surface area contributed by atoms with E-state index in [2.05, 4.69) is 20.8 Å². The zero-order chi connectivity index (χ0) is 16.8. The third kappa shape index (κ3) is 2.67. The van der Waals surface area contributed by atoms with Gasteiger partial charge in [0.1, 0.15) is 22.1 Å². The van der Waals surface area contributed by atoms with E-state index in [1.807, 2.05) is 18.5 Å². The molecule has 0 radical (unpaired) electrons. The number of hydrazine groups is 1. The van der Waals surface area contributed by atoms with Crippen LogP contribution >= 0.6 is 11.8 Å². The van der Waals surface area contributed by atoms with Crippen LogP contribution in [0.3, 0.4) is 0 Å². The molecular formula is C13H15F3N6S. The van der Waals surface area contributed by atoms with Crippen LogP contribution in [0.1, 0.15) is 12.6 Å². The SMILES string of the molecule is CCSc1c(-c2nc3c(n2C)NNC(C(F)(F)F)=C3)ncn1C. The zero-order valence-corrected chi connectivity index (χ0v) is 13.5. The van der Waals surface area contributed by atoms with Gasteiger partial charge in [0, 0.05) is 14.1 Å². The Morgan fingerprint density at radius 1 is 1.26 bits per heavy atom. The van der Waals surface area contributed by atoms with Crippen molar-refractivity contribution in [3.05, 3.63) is 17.7 Å². The van der Waals surface area contributed by atoms with Gasteiger partial charge in [-0.15, -0.1) is 11.8 Å². The van der Waals surface area contributed by atoms with Crippen LogP contribution in [0.5, 0.6) is 0 Å². The molecule has 0 spiro atoms. The summed E-state index contributed by atoms with van der Waals surface area (Å²) < 4.78 is 42.0. The second-order valence-corrected chi connectivity index (χ2v) is 6.23. The highest BCUT2D eigenvalue weighted by molar-refractivity contribution is 7.99. The Hall–Kier alpha value is -2.10. The van der Waals surface area contributed by atoms with Gasteiger partial charge in [-0.25, -0.2) is 9.97 Å². The predicted octanol–water partition coefficient (Wildman–Crippen LogP) is 2.77. The van der Waals surface area contributed by atoms with Gasteiger partial charge in [0.15, 0.2) is 11.6 Å². The van der Waals surface area contributed by atoms with Crippen molar-refractivity contribution in [2.24, 2.45) is 14.1 Å². The van der Waals surface area contributed by atoms with Gasteiger partial charge < -0.3 is 9.13 Å². The molecule has 0 fully saturated rings. The molecule has 0 bridgehead atoms. The van der Waals surface area contributed by atoms with Crippen LogP contribution in [-0.2, 0) is 14.1 Å². The molecule has 2 aromatic rings. The van der Waals surface area contributed by atoms with Gasteiger partial charge in [-0.05, 0) is 11.8 Å². The number of imidazole rings is 2. The number of alkyl halides is 3. The topological polar surface area (TPSA) is 59.7 Å². The lowest BCUT2D eigenvalue weighted by molar-refractivity contribution is -0.0951. The number of hydrogen-bond donors (Lipinski definition) is 2. The molecule has 3 rings (SSSR count). The van der Waals surface area contributed by atoms with Gasteiger partial charge in [-0.3, -0.25) is 10.9 Å². The molecule has 0 aromatic carbocycles. The molecule has 0 saturated carbocycles. The molecule has 0 unspecified atom stereocenters. The first-order valence-electron chi connectivity index (χ1n) is 6.85. The molecular weight excluding hydrogens is 329 g/mol. The Morgan fingerprint density at radius 3 is 2.65 bits per heavy atom. The smallest absolute Gasteiger partial charge is 0.328 e. The number of allylic oxidation sites excluding steroid dienone is 1. The summed E-state index contributed by atoms with van der Waals surface area (Å²) in [5.74, 6) is 1.83. The number of nitrogens with one attached hydrogen (secondary N) is 2. The van der Waals surface area contributed by atoms with Crippen LogP contribution < -0.4 is 10.9 Å². The van der Waals surface area contributed by atoms with Gasteiger partial charge in [-0.2, -0.15) is 13.2 Å². The minimum atomic E-state index is -4.46. The van der Waals surface area contributed by atoms with Crippen molar-refractivity contribution in [3.8, 4) is 11.5 Å². The lowest BCUT2D eigenvalue weighted by atomic mass is 10.3. The van der Waals surface area contributed by atoms with Crippen molar-refractivity contribution in [1.82, 2.24) is 24.5 Å². The van der Waals surface area contributed by atoms with Crippen molar-refractivity contribution in [3.63, 3.8) is 0 Å². The van der Waals surface area contributed by atoms with E-state index in [0.717, 1.165) is 16.9 Å². The molecule has 1 aliphatic rings. The summed E-state index contributed by atoms with van der Waals surface area (Å²) >= 11 is 1.61. The maximum atomic E-state index is 12.8. The van der Waals surface area contributed by atoms with Crippen molar-refractivity contribution in [1.29, 1.82) is 0 Å². The summed E-state index contributed by atoms with van der Waals surface area (Å²) in [4.78, 5) is 8.68. The van der Waals surface area contributed by atoms with Gasteiger partial charge in [0.2, 0.25) is 0 Å². The summed E-state index contributed by atoms with van der Waals surface area (Å²) in [6.45, 7) is 2.02. The van der Waals surface area contributed by atoms with E-state index in [-0.39, 0.29) is 5.69 Å². The lowest BCUT2D eigenvalue weighted by Crippen LogP contribution is -2.33. The van der Waals surface area contributed by atoms with Gasteiger partial charge in [0.25, 0.3) is 0 Å². The fourth-order valence-electron chi connectivity index (χ4n) is 2.31. The molecule has 2 N–H and O–H groups in total. The Balaban J connectivity index is 2.09. The molecule has 0 aliphatic carbocycles. The first-order valence-corrected chi connectivity index (χ1v) is 7.83. The molecule has 3 heterocycles. The molecule has 1 aliphatic heterocycles. The predicted molar refractivity (Wildman–Crippen MR) is 82.6 cm³/mol. The number of rotatable bonds is 3.